The lowest BCUT2D eigenvalue weighted by Gasteiger charge is -2.18. The molecule has 0 saturated heterocycles. The normalized spacial score (nSPS) is 10.9. The molecule has 0 aromatic heterocycles. The van der Waals surface area contributed by atoms with Gasteiger partial charge in [-0.3, -0.25) is 0 Å². The van der Waals surface area contributed by atoms with Gasteiger partial charge in [0.1, 0.15) is 0 Å². The maximum Gasteiger partial charge on any atom is 0.235 e. The van der Waals surface area contributed by atoms with Crippen LogP contribution in [0.1, 0.15) is 44.7 Å². The third-order valence-corrected chi connectivity index (χ3v) is 2.80. The van der Waals surface area contributed by atoms with E-state index in [9.17, 15) is 4.79 Å². The van der Waals surface area contributed by atoms with Crippen molar-refractivity contribution in [3.8, 4) is 0 Å². The average molecular weight is 217 g/mol. The van der Waals surface area contributed by atoms with Gasteiger partial charge in [-0.1, -0.05) is 37.6 Å². The van der Waals surface area contributed by atoms with Gasteiger partial charge >= 0.3 is 0 Å². The molecule has 16 heavy (non-hydrogen) atoms. The molecule has 0 fully saturated rings. The maximum atomic E-state index is 10.3. The van der Waals surface area contributed by atoms with Gasteiger partial charge in [0.2, 0.25) is 6.08 Å². The van der Waals surface area contributed by atoms with Crippen LogP contribution >= 0.6 is 0 Å². The zero-order valence-corrected chi connectivity index (χ0v) is 10.3. The monoisotopic (exact) mass is 217 g/mol. The summed E-state index contributed by atoms with van der Waals surface area (Å²) in [7, 11) is 0. The minimum absolute atomic E-state index is 0.467. The fourth-order valence-corrected chi connectivity index (χ4v) is 1.64. The Morgan fingerprint density at radius 1 is 1.25 bits per heavy atom. The Balaban J connectivity index is 2.82. The highest BCUT2D eigenvalue weighted by Crippen LogP contribution is 2.24. The molecule has 2 heteroatoms. The number of aliphatic imine (C=N–C) groups is 1. The Bertz CT molecular complexity index is 372. The summed E-state index contributed by atoms with van der Waals surface area (Å²) in [5.41, 5.74) is 1.93. The van der Waals surface area contributed by atoms with Gasteiger partial charge in [-0.25, -0.2) is 4.79 Å². The summed E-state index contributed by atoms with van der Waals surface area (Å²) in [5.74, 6) is 0. The summed E-state index contributed by atoms with van der Waals surface area (Å²) >= 11 is 0. The summed E-state index contributed by atoms with van der Waals surface area (Å²) < 4.78 is 0. The SMILES string of the molecule is CCCCc1ccc(C(C)(C)N=C=O)cc1. The van der Waals surface area contributed by atoms with Gasteiger partial charge in [-0.2, -0.15) is 4.99 Å². The van der Waals surface area contributed by atoms with E-state index in [4.69, 9.17) is 0 Å². The van der Waals surface area contributed by atoms with Crippen molar-refractivity contribution in [2.45, 2.75) is 45.6 Å². The Kier molecular flexibility index (Phi) is 4.45. The lowest BCUT2D eigenvalue weighted by Crippen LogP contribution is -2.13. The first kappa shape index (κ1) is 12.7. The number of hydrogen-bond acceptors (Lipinski definition) is 2. The molecule has 1 aromatic rings. The van der Waals surface area contributed by atoms with Crippen molar-refractivity contribution < 1.29 is 4.79 Å². The van der Waals surface area contributed by atoms with Gasteiger partial charge in [0.25, 0.3) is 0 Å². The third kappa shape index (κ3) is 3.32. The molecule has 0 radical (unpaired) electrons. The molecule has 0 bridgehead atoms. The van der Waals surface area contributed by atoms with Gasteiger partial charge in [-0.05, 0) is 37.8 Å². The van der Waals surface area contributed by atoms with Crippen LogP contribution < -0.4 is 0 Å². The van der Waals surface area contributed by atoms with E-state index in [0.717, 1.165) is 12.0 Å². The van der Waals surface area contributed by atoms with Crippen LogP contribution in [0.2, 0.25) is 0 Å². The van der Waals surface area contributed by atoms with Gasteiger partial charge in [0, 0.05) is 0 Å². The van der Waals surface area contributed by atoms with Crippen molar-refractivity contribution in [1.82, 2.24) is 0 Å². The highest BCUT2D eigenvalue weighted by molar-refractivity contribution is 5.38. The Morgan fingerprint density at radius 2 is 1.88 bits per heavy atom. The second-order valence-electron chi connectivity index (χ2n) is 4.56. The summed E-state index contributed by atoms with van der Waals surface area (Å²) in [6, 6.07) is 8.33. The molecule has 0 spiro atoms. The van der Waals surface area contributed by atoms with Crippen molar-refractivity contribution in [1.29, 1.82) is 0 Å². The van der Waals surface area contributed by atoms with E-state index in [0.29, 0.717) is 0 Å². The Hall–Kier alpha value is -1.40. The number of carbonyl (C=O) groups excluding carboxylic acids is 1. The minimum atomic E-state index is -0.467. The van der Waals surface area contributed by atoms with Crippen LogP contribution in [0.4, 0.5) is 0 Å². The summed E-state index contributed by atoms with van der Waals surface area (Å²) in [5, 5.41) is 0. The molecular formula is C14H19NO. The summed E-state index contributed by atoms with van der Waals surface area (Å²) in [6.45, 7) is 6.02. The topological polar surface area (TPSA) is 29.4 Å². The molecule has 0 saturated carbocycles. The second-order valence-corrected chi connectivity index (χ2v) is 4.56. The van der Waals surface area contributed by atoms with E-state index >= 15 is 0 Å². The maximum absolute atomic E-state index is 10.3. The fourth-order valence-electron chi connectivity index (χ4n) is 1.64. The summed E-state index contributed by atoms with van der Waals surface area (Å²) in [6.07, 6.45) is 5.18. The largest absolute Gasteiger partial charge is 0.235 e. The summed E-state index contributed by atoms with van der Waals surface area (Å²) in [4.78, 5) is 14.1. The lowest BCUT2D eigenvalue weighted by atomic mass is 9.93. The third-order valence-electron chi connectivity index (χ3n) is 2.80. The predicted molar refractivity (Wildman–Crippen MR) is 66.2 cm³/mol. The standard InChI is InChI=1S/C14H19NO/c1-4-5-6-12-7-9-13(10-8-12)14(2,3)15-11-16/h7-10H,4-6H2,1-3H3. The molecule has 0 aliphatic rings. The number of aryl methyl sites for hydroxylation is 1. The molecule has 86 valence electrons. The van der Waals surface area contributed by atoms with E-state index in [1.165, 1.54) is 18.4 Å². The quantitative estimate of drug-likeness (QED) is 0.547. The second kappa shape index (κ2) is 5.62. The lowest BCUT2D eigenvalue weighted by molar-refractivity contribution is 0.522. The number of isocyanates is 1. The molecule has 0 N–H and O–H groups in total. The van der Waals surface area contributed by atoms with E-state index in [2.05, 4.69) is 24.0 Å². The van der Waals surface area contributed by atoms with E-state index in [1.807, 2.05) is 26.0 Å². The number of benzene rings is 1. The van der Waals surface area contributed by atoms with Crippen LogP contribution in [0.25, 0.3) is 0 Å². The average Bonchev–Trinajstić information content (AvgIpc) is 2.27. The first-order valence-electron chi connectivity index (χ1n) is 5.78. The minimum Gasteiger partial charge on any atom is -0.211 e. The van der Waals surface area contributed by atoms with Gasteiger partial charge in [0.15, 0.2) is 0 Å². The smallest absolute Gasteiger partial charge is 0.211 e. The van der Waals surface area contributed by atoms with Crippen LogP contribution in [0, 0.1) is 0 Å². The zero-order valence-electron chi connectivity index (χ0n) is 10.3. The van der Waals surface area contributed by atoms with Crippen LogP contribution in [0.15, 0.2) is 29.3 Å². The van der Waals surface area contributed by atoms with Crippen LogP contribution in [-0.2, 0) is 16.8 Å². The van der Waals surface area contributed by atoms with E-state index in [-0.39, 0.29) is 0 Å². The van der Waals surface area contributed by atoms with Gasteiger partial charge in [0.05, 0.1) is 5.54 Å². The molecular weight excluding hydrogens is 198 g/mol. The molecule has 0 atom stereocenters. The molecule has 0 aliphatic carbocycles. The van der Waals surface area contributed by atoms with Gasteiger partial charge in [-0.15, -0.1) is 0 Å². The highest BCUT2D eigenvalue weighted by atomic mass is 16.1. The molecule has 1 aromatic carbocycles. The molecule has 0 aliphatic heterocycles. The fraction of sp³-hybridized carbons (Fsp3) is 0.500. The van der Waals surface area contributed by atoms with Crippen molar-refractivity contribution >= 4 is 6.08 Å². The van der Waals surface area contributed by atoms with Crippen molar-refractivity contribution in [3.05, 3.63) is 35.4 Å². The first-order chi connectivity index (χ1) is 7.60. The van der Waals surface area contributed by atoms with Crippen molar-refractivity contribution in [3.63, 3.8) is 0 Å². The van der Waals surface area contributed by atoms with E-state index < -0.39 is 5.54 Å². The Labute approximate surface area is 97.4 Å². The molecule has 2 nitrogen and oxygen atoms in total. The molecule has 0 unspecified atom stereocenters. The zero-order chi connectivity index (χ0) is 12.0. The number of hydrogen-bond donors (Lipinski definition) is 0. The highest BCUT2D eigenvalue weighted by Gasteiger charge is 2.18. The van der Waals surface area contributed by atoms with Crippen molar-refractivity contribution in [2.75, 3.05) is 0 Å². The number of unbranched alkanes of at least 4 members (excludes halogenated alkanes) is 1. The van der Waals surface area contributed by atoms with Crippen molar-refractivity contribution in [2.24, 2.45) is 4.99 Å². The van der Waals surface area contributed by atoms with Crippen LogP contribution in [0.5, 0.6) is 0 Å². The number of rotatable bonds is 5. The predicted octanol–water partition coefficient (Wildman–Crippen LogP) is 3.60. The number of nitrogens with zero attached hydrogens (tertiary/aromatic N) is 1. The van der Waals surface area contributed by atoms with Crippen LogP contribution in [-0.4, -0.2) is 6.08 Å². The van der Waals surface area contributed by atoms with E-state index in [1.54, 1.807) is 6.08 Å². The van der Waals surface area contributed by atoms with Crippen LogP contribution in [0.3, 0.4) is 0 Å². The molecule has 0 amide bonds. The first-order valence-corrected chi connectivity index (χ1v) is 5.78. The van der Waals surface area contributed by atoms with Gasteiger partial charge < -0.3 is 0 Å². The molecule has 1 rings (SSSR count). The molecule has 0 heterocycles. The Morgan fingerprint density at radius 3 is 2.38 bits per heavy atom.